The molecule has 4 aromatic rings. The van der Waals surface area contributed by atoms with E-state index in [1.54, 1.807) is 35.5 Å². The molecule has 0 aliphatic rings. The molecule has 0 saturated carbocycles. The summed E-state index contributed by atoms with van der Waals surface area (Å²) in [6.45, 7) is 1.94. The lowest BCUT2D eigenvalue weighted by atomic mass is 10.1. The van der Waals surface area contributed by atoms with E-state index in [-0.39, 0.29) is 18.4 Å². The molecule has 0 saturated heterocycles. The maximum Gasteiger partial charge on any atom is 0.227 e. The zero-order chi connectivity index (χ0) is 20.1. The summed E-state index contributed by atoms with van der Waals surface area (Å²) in [5.74, 6) is 0.835. The molecule has 1 unspecified atom stereocenters. The van der Waals surface area contributed by atoms with Crippen molar-refractivity contribution in [2.24, 2.45) is 0 Å². The zero-order valence-corrected chi connectivity index (χ0v) is 15.8. The number of aryl methyl sites for hydroxylation is 1. The molecule has 146 valence electrons. The van der Waals surface area contributed by atoms with E-state index in [1.807, 2.05) is 31.2 Å². The minimum absolute atomic E-state index is 0.0819. The highest BCUT2D eigenvalue weighted by atomic mass is 16.5. The van der Waals surface area contributed by atoms with Gasteiger partial charge in [-0.3, -0.25) is 9.78 Å². The Balaban J connectivity index is 1.30. The first kappa shape index (κ1) is 18.5. The summed E-state index contributed by atoms with van der Waals surface area (Å²) in [4.78, 5) is 24.5. The number of carbonyl (C=O) groups excluding carboxylic acids is 1. The molecular formula is C20H19N7O2. The molecule has 9 nitrogen and oxygen atoms in total. The van der Waals surface area contributed by atoms with Crippen LogP contribution in [-0.2, 0) is 11.2 Å². The molecule has 0 bridgehead atoms. The van der Waals surface area contributed by atoms with Crippen molar-refractivity contribution in [3.63, 3.8) is 0 Å². The van der Waals surface area contributed by atoms with Gasteiger partial charge >= 0.3 is 0 Å². The highest BCUT2D eigenvalue weighted by molar-refractivity contribution is 5.76. The van der Waals surface area contributed by atoms with Gasteiger partial charge in [-0.2, -0.15) is 10.1 Å². The van der Waals surface area contributed by atoms with E-state index in [9.17, 15) is 4.79 Å². The van der Waals surface area contributed by atoms with Crippen LogP contribution in [0.15, 0.2) is 66.0 Å². The molecular weight excluding hydrogens is 370 g/mol. The van der Waals surface area contributed by atoms with Crippen LogP contribution in [0, 0.1) is 0 Å². The van der Waals surface area contributed by atoms with E-state index in [0.29, 0.717) is 18.1 Å². The van der Waals surface area contributed by atoms with Crippen LogP contribution in [0.25, 0.3) is 17.1 Å². The van der Waals surface area contributed by atoms with Gasteiger partial charge in [0.2, 0.25) is 17.6 Å². The fourth-order valence-electron chi connectivity index (χ4n) is 2.85. The summed E-state index contributed by atoms with van der Waals surface area (Å²) >= 11 is 0. The van der Waals surface area contributed by atoms with Crippen molar-refractivity contribution in [3.05, 3.63) is 72.9 Å². The lowest BCUT2D eigenvalue weighted by molar-refractivity contribution is -0.121. The summed E-state index contributed by atoms with van der Waals surface area (Å²) in [6, 6.07) is 11.3. The topological polar surface area (TPSA) is 112 Å². The molecule has 0 radical (unpaired) electrons. The Hall–Kier alpha value is -3.88. The fraction of sp³-hybridized carbons (Fsp3) is 0.200. The smallest absolute Gasteiger partial charge is 0.227 e. The van der Waals surface area contributed by atoms with Crippen molar-refractivity contribution in [2.45, 2.75) is 25.8 Å². The normalized spacial score (nSPS) is 11.9. The fourth-order valence-corrected chi connectivity index (χ4v) is 2.85. The summed E-state index contributed by atoms with van der Waals surface area (Å²) < 4.78 is 6.91. The third-order valence-corrected chi connectivity index (χ3v) is 4.43. The Morgan fingerprint density at radius 3 is 2.66 bits per heavy atom. The molecule has 3 heterocycles. The minimum atomic E-state index is -0.123. The second kappa shape index (κ2) is 8.42. The van der Waals surface area contributed by atoms with Gasteiger partial charge in [0.05, 0.1) is 11.7 Å². The SMILES string of the molecule is CC(NC(=O)CCc1nc(-c2ccncc2)no1)c1ccc(-n2cncn2)cc1. The zero-order valence-electron chi connectivity index (χ0n) is 15.8. The molecule has 1 atom stereocenters. The molecule has 0 fully saturated rings. The highest BCUT2D eigenvalue weighted by Crippen LogP contribution is 2.17. The number of amides is 1. The molecule has 1 amide bonds. The van der Waals surface area contributed by atoms with E-state index in [0.717, 1.165) is 16.8 Å². The van der Waals surface area contributed by atoms with Crippen molar-refractivity contribution in [2.75, 3.05) is 0 Å². The van der Waals surface area contributed by atoms with Gasteiger partial charge in [-0.05, 0) is 36.8 Å². The predicted molar refractivity (Wildman–Crippen MR) is 104 cm³/mol. The van der Waals surface area contributed by atoms with Crippen LogP contribution in [0.5, 0.6) is 0 Å². The van der Waals surface area contributed by atoms with Crippen molar-refractivity contribution in [1.29, 1.82) is 0 Å². The van der Waals surface area contributed by atoms with Gasteiger partial charge in [-0.1, -0.05) is 17.3 Å². The first-order chi connectivity index (χ1) is 14.2. The van der Waals surface area contributed by atoms with E-state index in [1.165, 1.54) is 6.33 Å². The monoisotopic (exact) mass is 389 g/mol. The first-order valence-corrected chi connectivity index (χ1v) is 9.16. The van der Waals surface area contributed by atoms with Crippen molar-refractivity contribution < 1.29 is 9.32 Å². The van der Waals surface area contributed by atoms with Crippen LogP contribution >= 0.6 is 0 Å². The number of carbonyl (C=O) groups is 1. The van der Waals surface area contributed by atoms with Crippen LogP contribution in [0.1, 0.15) is 30.8 Å². The maximum atomic E-state index is 12.3. The standard InChI is InChI=1S/C20H19N7O2/c1-14(15-2-4-17(5-3-15)27-13-22-12-23-27)24-18(28)6-7-19-25-20(26-29-19)16-8-10-21-11-9-16/h2-5,8-14H,6-7H2,1H3,(H,24,28). The molecule has 0 aliphatic carbocycles. The lowest BCUT2D eigenvalue weighted by Gasteiger charge is -2.14. The lowest BCUT2D eigenvalue weighted by Crippen LogP contribution is -2.26. The number of hydrogen-bond acceptors (Lipinski definition) is 7. The van der Waals surface area contributed by atoms with Crippen molar-refractivity contribution >= 4 is 5.91 Å². The quantitative estimate of drug-likeness (QED) is 0.517. The third-order valence-electron chi connectivity index (χ3n) is 4.43. The summed E-state index contributed by atoms with van der Waals surface area (Å²) in [5.41, 5.74) is 2.73. The number of aromatic nitrogens is 6. The molecule has 0 spiro atoms. The van der Waals surface area contributed by atoms with E-state index in [4.69, 9.17) is 4.52 Å². The predicted octanol–water partition coefficient (Wildman–Crippen LogP) is 2.52. The molecule has 1 N–H and O–H groups in total. The van der Waals surface area contributed by atoms with Crippen molar-refractivity contribution in [1.82, 2.24) is 35.2 Å². The van der Waals surface area contributed by atoms with Gasteiger partial charge in [0.25, 0.3) is 0 Å². The average molecular weight is 389 g/mol. The van der Waals surface area contributed by atoms with Gasteiger partial charge in [0.15, 0.2) is 0 Å². The van der Waals surface area contributed by atoms with Gasteiger partial charge in [-0.15, -0.1) is 0 Å². The highest BCUT2D eigenvalue weighted by Gasteiger charge is 2.13. The van der Waals surface area contributed by atoms with Crippen LogP contribution in [0.4, 0.5) is 0 Å². The minimum Gasteiger partial charge on any atom is -0.350 e. The molecule has 29 heavy (non-hydrogen) atoms. The van der Waals surface area contributed by atoms with E-state index < -0.39 is 0 Å². The summed E-state index contributed by atoms with van der Waals surface area (Å²) in [7, 11) is 0. The number of rotatable bonds is 7. The Bertz CT molecular complexity index is 1060. The number of benzene rings is 1. The second-order valence-corrected chi connectivity index (χ2v) is 6.47. The van der Waals surface area contributed by atoms with Crippen LogP contribution in [-0.4, -0.2) is 35.8 Å². The van der Waals surface area contributed by atoms with E-state index in [2.05, 4.69) is 30.5 Å². The maximum absolute atomic E-state index is 12.3. The van der Waals surface area contributed by atoms with E-state index >= 15 is 0 Å². The summed E-state index contributed by atoms with van der Waals surface area (Å²) in [5, 5.41) is 11.0. The molecule has 4 rings (SSSR count). The second-order valence-electron chi connectivity index (χ2n) is 6.47. The van der Waals surface area contributed by atoms with Gasteiger partial charge < -0.3 is 9.84 Å². The van der Waals surface area contributed by atoms with Crippen LogP contribution < -0.4 is 5.32 Å². The Morgan fingerprint density at radius 2 is 1.93 bits per heavy atom. The first-order valence-electron chi connectivity index (χ1n) is 9.16. The van der Waals surface area contributed by atoms with Gasteiger partial charge in [0, 0.05) is 30.8 Å². The summed E-state index contributed by atoms with van der Waals surface area (Å²) in [6.07, 6.45) is 7.09. The number of nitrogens with zero attached hydrogens (tertiary/aromatic N) is 6. The molecule has 3 aromatic heterocycles. The van der Waals surface area contributed by atoms with Crippen molar-refractivity contribution in [3.8, 4) is 17.1 Å². The van der Waals surface area contributed by atoms with Crippen LogP contribution in [0.3, 0.4) is 0 Å². The Kier molecular flexibility index (Phi) is 5.37. The number of pyridine rings is 1. The number of hydrogen-bond donors (Lipinski definition) is 1. The Labute approximate surface area is 166 Å². The van der Waals surface area contributed by atoms with Gasteiger partial charge in [0.1, 0.15) is 12.7 Å². The van der Waals surface area contributed by atoms with Crippen LogP contribution in [0.2, 0.25) is 0 Å². The molecule has 1 aromatic carbocycles. The van der Waals surface area contributed by atoms with Gasteiger partial charge in [-0.25, -0.2) is 9.67 Å². The average Bonchev–Trinajstić information content (AvgIpc) is 3.45. The number of nitrogens with one attached hydrogen (secondary N) is 1. The Morgan fingerprint density at radius 1 is 1.14 bits per heavy atom. The molecule has 0 aliphatic heterocycles. The molecule has 9 heteroatoms. The largest absolute Gasteiger partial charge is 0.350 e. The third kappa shape index (κ3) is 4.52.